The van der Waals surface area contributed by atoms with Crippen LogP contribution in [0.3, 0.4) is 0 Å². The molecular weight excluding hydrogens is 220 g/mol. The summed E-state index contributed by atoms with van der Waals surface area (Å²) in [6.07, 6.45) is 0.619. The average Bonchev–Trinajstić information content (AvgIpc) is 2.17. The smallest absolute Gasteiger partial charge is 0.123 e. The minimum absolute atomic E-state index is 0.238. The second kappa shape index (κ2) is 4.78. The van der Waals surface area contributed by atoms with Crippen LogP contribution in [0, 0.1) is 33.2 Å². The normalized spacial score (nSPS) is 9.81. The quantitative estimate of drug-likeness (QED) is 0.765. The van der Waals surface area contributed by atoms with Crippen molar-refractivity contribution < 1.29 is 0 Å². The Morgan fingerprint density at radius 1 is 1.31 bits per heavy atom. The number of hydrogen-bond acceptors (Lipinski definition) is 4. The standard InChI is InChI=1S/C11H12N4S/c1-6(2)3-7-8(4-12)10(14)15-11(16)9(7)5-13/h6H,3H2,1-2H3,(H3,14,15,16). The Morgan fingerprint density at radius 2 is 1.88 bits per heavy atom. The van der Waals surface area contributed by atoms with Gasteiger partial charge in [-0.05, 0) is 17.9 Å². The summed E-state index contributed by atoms with van der Waals surface area (Å²) in [7, 11) is 0. The van der Waals surface area contributed by atoms with Crippen LogP contribution in [-0.4, -0.2) is 4.98 Å². The van der Waals surface area contributed by atoms with Crippen LogP contribution in [-0.2, 0) is 6.42 Å². The first-order chi connectivity index (χ1) is 7.51. The van der Waals surface area contributed by atoms with E-state index in [0.717, 1.165) is 0 Å². The maximum atomic E-state index is 9.04. The van der Waals surface area contributed by atoms with E-state index >= 15 is 0 Å². The number of pyridine rings is 1. The zero-order valence-corrected chi connectivity index (χ0v) is 9.98. The molecule has 0 saturated heterocycles. The lowest BCUT2D eigenvalue weighted by atomic mass is 9.95. The third-order valence-electron chi connectivity index (χ3n) is 2.18. The van der Waals surface area contributed by atoms with Crippen LogP contribution >= 0.6 is 12.2 Å². The second-order valence-corrected chi connectivity index (χ2v) is 4.33. The van der Waals surface area contributed by atoms with Crippen molar-refractivity contribution in [2.24, 2.45) is 5.92 Å². The van der Waals surface area contributed by atoms with Gasteiger partial charge >= 0.3 is 0 Å². The number of hydrogen-bond donors (Lipinski definition) is 2. The van der Waals surface area contributed by atoms with Crippen LogP contribution in [0.1, 0.15) is 30.5 Å². The lowest BCUT2D eigenvalue weighted by Crippen LogP contribution is -2.07. The molecule has 0 radical (unpaired) electrons. The van der Waals surface area contributed by atoms with Gasteiger partial charge in [0, 0.05) is 0 Å². The van der Waals surface area contributed by atoms with Crippen LogP contribution in [0.4, 0.5) is 5.82 Å². The second-order valence-electron chi connectivity index (χ2n) is 3.92. The molecule has 82 valence electrons. The van der Waals surface area contributed by atoms with Crippen molar-refractivity contribution >= 4 is 18.0 Å². The molecule has 0 aliphatic carbocycles. The van der Waals surface area contributed by atoms with Gasteiger partial charge in [0.1, 0.15) is 22.6 Å². The van der Waals surface area contributed by atoms with E-state index in [-0.39, 0.29) is 5.82 Å². The Morgan fingerprint density at radius 3 is 2.31 bits per heavy atom. The van der Waals surface area contributed by atoms with Crippen molar-refractivity contribution in [1.82, 2.24) is 4.98 Å². The van der Waals surface area contributed by atoms with E-state index in [1.807, 2.05) is 26.0 Å². The Labute approximate surface area is 99.3 Å². The highest BCUT2D eigenvalue weighted by molar-refractivity contribution is 7.71. The van der Waals surface area contributed by atoms with Gasteiger partial charge in [-0.25, -0.2) is 0 Å². The molecule has 0 saturated carbocycles. The molecule has 0 spiro atoms. The average molecular weight is 232 g/mol. The van der Waals surface area contributed by atoms with Crippen LogP contribution < -0.4 is 5.73 Å². The summed E-state index contributed by atoms with van der Waals surface area (Å²) in [5.41, 5.74) is 7.02. The van der Waals surface area contributed by atoms with Crippen molar-refractivity contribution in [3.8, 4) is 12.1 Å². The van der Waals surface area contributed by atoms with E-state index in [0.29, 0.717) is 33.7 Å². The monoisotopic (exact) mass is 232 g/mol. The molecule has 16 heavy (non-hydrogen) atoms. The minimum Gasteiger partial charge on any atom is -0.384 e. The first-order valence-electron chi connectivity index (χ1n) is 4.86. The van der Waals surface area contributed by atoms with Gasteiger partial charge in [-0.1, -0.05) is 26.1 Å². The Kier molecular flexibility index (Phi) is 3.65. The predicted molar refractivity (Wildman–Crippen MR) is 64.0 cm³/mol. The number of nitrogens with two attached hydrogens (primary N) is 1. The molecule has 0 amide bonds. The summed E-state index contributed by atoms with van der Waals surface area (Å²) in [6.45, 7) is 4.02. The summed E-state index contributed by atoms with van der Waals surface area (Å²) in [5, 5.41) is 18.1. The molecule has 0 fully saturated rings. The summed E-state index contributed by atoms with van der Waals surface area (Å²) in [5.74, 6) is 0.567. The number of aromatic nitrogens is 1. The number of aromatic amines is 1. The number of H-pyrrole nitrogens is 1. The van der Waals surface area contributed by atoms with Gasteiger partial charge in [0.05, 0.1) is 11.1 Å². The Bertz CT molecular complexity index is 543. The van der Waals surface area contributed by atoms with Gasteiger partial charge in [0.15, 0.2) is 0 Å². The van der Waals surface area contributed by atoms with Crippen molar-refractivity contribution in [2.45, 2.75) is 20.3 Å². The summed E-state index contributed by atoms with van der Waals surface area (Å²) >= 11 is 5.02. The van der Waals surface area contributed by atoms with E-state index in [1.165, 1.54) is 0 Å². The number of nitrogen functional groups attached to an aromatic ring is 1. The molecule has 0 aliphatic heterocycles. The van der Waals surface area contributed by atoms with E-state index in [9.17, 15) is 0 Å². The molecule has 3 N–H and O–H groups in total. The fourth-order valence-corrected chi connectivity index (χ4v) is 1.81. The van der Waals surface area contributed by atoms with Crippen molar-refractivity contribution in [3.05, 3.63) is 21.3 Å². The van der Waals surface area contributed by atoms with E-state index < -0.39 is 0 Å². The highest BCUT2D eigenvalue weighted by atomic mass is 32.1. The molecule has 1 aromatic heterocycles. The van der Waals surface area contributed by atoms with Gasteiger partial charge in [-0.3, -0.25) is 0 Å². The highest BCUT2D eigenvalue weighted by Crippen LogP contribution is 2.22. The number of nitrogens with one attached hydrogen (secondary N) is 1. The van der Waals surface area contributed by atoms with Crippen LogP contribution in [0.15, 0.2) is 0 Å². The summed E-state index contributed by atoms with van der Waals surface area (Å²) in [6, 6.07) is 4.05. The SMILES string of the molecule is CC(C)Cc1c(C#N)c(N)[nH]c(=S)c1C#N. The van der Waals surface area contributed by atoms with Crippen molar-refractivity contribution in [1.29, 1.82) is 10.5 Å². The van der Waals surface area contributed by atoms with Gasteiger partial charge in [0.2, 0.25) is 0 Å². The highest BCUT2D eigenvalue weighted by Gasteiger charge is 2.15. The van der Waals surface area contributed by atoms with Crippen LogP contribution in [0.2, 0.25) is 0 Å². The van der Waals surface area contributed by atoms with Crippen LogP contribution in [0.5, 0.6) is 0 Å². The molecule has 0 unspecified atom stereocenters. The van der Waals surface area contributed by atoms with E-state index in [1.54, 1.807) is 0 Å². The summed E-state index contributed by atoms with van der Waals surface area (Å²) in [4.78, 5) is 2.67. The number of nitrogens with zero attached hydrogens (tertiary/aromatic N) is 2. The molecular formula is C11H12N4S. The number of anilines is 1. The van der Waals surface area contributed by atoms with Gasteiger partial charge in [-0.2, -0.15) is 10.5 Å². The maximum Gasteiger partial charge on any atom is 0.123 e. The molecule has 1 aromatic rings. The van der Waals surface area contributed by atoms with Crippen LogP contribution in [0.25, 0.3) is 0 Å². The fourth-order valence-electron chi connectivity index (χ4n) is 1.53. The van der Waals surface area contributed by atoms with Gasteiger partial charge in [0.25, 0.3) is 0 Å². The zero-order valence-electron chi connectivity index (χ0n) is 9.16. The molecule has 1 rings (SSSR count). The number of rotatable bonds is 2. The molecule has 1 heterocycles. The fraction of sp³-hybridized carbons (Fsp3) is 0.364. The lowest BCUT2D eigenvalue weighted by molar-refractivity contribution is 0.644. The topological polar surface area (TPSA) is 89.4 Å². The molecule has 0 atom stereocenters. The van der Waals surface area contributed by atoms with Gasteiger partial charge < -0.3 is 10.7 Å². The first kappa shape index (κ1) is 12.2. The lowest BCUT2D eigenvalue weighted by Gasteiger charge is -2.11. The molecule has 0 aromatic carbocycles. The third-order valence-corrected chi connectivity index (χ3v) is 2.49. The largest absolute Gasteiger partial charge is 0.384 e. The molecule has 0 aliphatic rings. The summed E-state index contributed by atoms with van der Waals surface area (Å²) < 4.78 is 0.301. The van der Waals surface area contributed by atoms with Crippen molar-refractivity contribution in [3.63, 3.8) is 0 Å². The maximum absolute atomic E-state index is 9.04. The van der Waals surface area contributed by atoms with E-state index in [2.05, 4.69) is 4.98 Å². The van der Waals surface area contributed by atoms with Gasteiger partial charge in [-0.15, -0.1) is 0 Å². The first-order valence-corrected chi connectivity index (χ1v) is 5.26. The number of nitriles is 2. The van der Waals surface area contributed by atoms with E-state index in [4.69, 9.17) is 28.5 Å². The predicted octanol–water partition coefficient (Wildman–Crippen LogP) is 2.27. The molecule has 5 heteroatoms. The Balaban J connectivity index is 3.59. The van der Waals surface area contributed by atoms with Crippen molar-refractivity contribution in [2.75, 3.05) is 5.73 Å². The molecule has 0 bridgehead atoms. The molecule has 4 nitrogen and oxygen atoms in total. The minimum atomic E-state index is 0.238. The third kappa shape index (κ3) is 2.21. The Hall–Kier alpha value is -1.85. The zero-order chi connectivity index (χ0) is 12.3.